The van der Waals surface area contributed by atoms with Crippen molar-refractivity contribution in [2.24, 2.45) is 0 Å². The highest BCUT2D eigenvalue weighted by Gasteiger charge is 2.05. The van der Waals surface area contributed by atoms with E-state index < -0.39 is 10.8 Å². The van der Waals surface area contributed by atoms with Gasteiger partial charge in [-0.3, -0.25) is 4.21 Å². The Morgan fingerprint density at radius 3 is 2.82 bits per heavy atom. The molecule has 0 saturated heterocycles. The fourth-order valence-electron chi connectivity index (χ4n) is 1.39. The second-order valence-electron chi connectivity index (χ2n) is 4.08. The average molecular weight is 322 g/mol. The molecule has 0 aromatic heterocycles. The van der Waals surface area contributed by atoms with Crippen molar-refractivity contribution >= 4 is 26.7 Å². The van der Waals surface area contributed by atoms with E-state index in [4.69, 9.17) is 0 Å². The van der Waals surface area contributed by atoms with Crippen LogP contribution in [0.15, 0.2) is 22.7 Å². The van der Waals surface area contributed by atoms with E-state index in [0.717, 1.165) is 16.5 Å². The highest BCUT2D eigenvalue weighted by molar-refractivity contribution is 9.10. The second kappa shape index (κ2) is 7.24. The van der Waals surface area contributed by atoms with Gasteiger partial charge in [0.25, 0.3) is 0 Å². The van der Waals surface area contributed by atoms with Gasteiger partial charge in [-0.2, -0.15) is 0 Å². The molecule has 0 spiro atoms. The second-order valence-corrected chi connectivity index (χ2v) is 6.49. The third kappa shape index (κ3) is 5.75. The molecule has 0 heterocycles. The SMILES string of the molecule is CC(CCS(C)=O)NCc1ccc(F)cc1Br. The van der Waals surface area contributed by atoms with Gasteiger partial charge in [0.2, 0.25) is 0 Å². The van der Waals surface area contributed by atoms with Crippen LogP contribution in [0.1, 0.15) is 18.9 Å². The summed E-state index contributed by atoms with van der Waals surface area (Å²) in [5.41, 5.74) is 1.02. The molecule has 0 bridgehead atoms. The van der Waals surface area contributed by atoms with Gasteiger partial charge in [-0.05, 0) is 31.0 Å². The van der Waals surface area contributed by atoms with Crippen molar-refractivity contribution in [3.63, 3.8) is 0 Å². The summed E-state index contributed by atoms with van der Waals surface area (Å²) in [6.45, 7) is 2.74. The van der Waals surface area contributed by atoms with Crippen LogP contribution in [0.3, 0.4) is 0 Å². The quantitative estimate of drug-likeness (QED) is 0.873. The molecule has 1 rings (SSSR count). The van der Waals surface area contributed by atoms with Crippen LogP contribution in [0, 0.1) is 5.82 Å². The van der Waals surface area contributed by atoms with Crippen LogP contribution >= 0.6 is 15.9 Å². The van der Waals surface area contributed by atoms with E-state index in [1.54, 1.807) is 12.3 Å². The van der Waals surface area contributed by atoms with Crippen molar-refractivity contribution in [3.8, 4) is 0 Å². The van der Waals surface area contributed by atoms with Crippen LogP contribution in [0.2, 0.25) is 0 Å². The van der Waals surface area contributed by atoms with Crippen molar-refractivity contribution in [1.29, 1.82) is 0 Å². The molecule has 1 aromatic carbocycles. The van der Waals surface area contributed by atoms with Gasteiger partial charge in [0.05, 0.1) is 0 Å². The number of hydrogen-bond donors (Lipinski definition) is 1. The molecule has 0 amide bonds. The van der Waals surface area contributed by atoms with Crippen molar-refractivity contribution < 1.29 is 8.60 Å². The average Bonchev–Trinajstić information content (AvgIpc) is 2.25. The summed E-state index contributed by atoms with van der Waals surface area (Å²) < 4.78 is 24.6. The first kappa shape index (κ1) is 14.8. The van der Waals surface area contributed by atoms with Gasteiger partial charge in [0.1, 0.15) is 5.82 Å². The van der Waals surface area contributed by atoms with Crippen molar-refractivity contribution in [2.45, 2.75) is 25.9 Å². The lowest BCUT2D eigenvalue weighted by Gasteiger charge is -2.13. The van der Waals surface area contributed by atoms with E-state index in [9.17, 15) is 8.60 Å². The Balaban J connectivity index is 2.41. The van der Waals surface area contributed by atoms with E-state index >= 15 is 0 Å². The first-order chi connectivity index (χ1) is 7.99. The zero-order chi connectivity index (χ0) is 12.8. The summed E-state index contributed by atoms with van der Waals surface area (Å²) in [7, 11) is -0.741. The first-order valence-electron chi connectivity index (χ1n) is 5.46. The molecule has 5 heteroatoms. The van der Waals surface area contributed by atoms with Crippen LogP contribution in [0.25, 0.3) is 0 Å². The molecule has 1 N–H and O–H groups in total. The van der Waals surface area contributed by atoms with Gasteiger partial charge in [0.15, 0.2) is 0 Å². The fourth-order valence-corrected chi connectivity index (χ4v) is 2.57. The fraction of sp³-hybridized carbons (Fsp3) is 0.500. The minimum Gasteiger partial charge on any atom is -0.310 e. The van der Waals surface area contributed by atoms with Crippen LogP contribution in [-0.2, 0) is 17.3 Å². The predicted octanol–water partition coefficient (Wildman–Crippen LogP) is 2.83. The largest absolute Gasteiger partial charge is 0.310 e. The summed E-state index contributed by atoms with van der Waals surface area (Å²) in [6.07, 6.45) is 2.59. The molecule has 0 aliphatic heterocycles. The maximum atomic E-state index is 12.9. The predicted molar refractivity (Wildman–Crippen MR) is 74.0 cm³/mol. The molecule has 0 aliphatic carbocycles. The zero-order valence-corrected chi connectivity index (χ0v) is 12.4. The van der Waals surface area contributed by atoms with E-state index in [2.05, 4.69) is 28.2 Å². The monoisotopic (exact) mass is 321 g/mol. The topological polar surface area (TPSA) is 29.1 Å². The van der Waals surface area contributed by atoms with Crippen LogP contribution in [0.5, 0.6) is 0 Å². The van der Waals surface area contributed by atoms with Crippen molar-refractivity contribution in [1.82, 2.24) is 5.32 Å². The molecule has 2 unspecified atom stereocenters. The summed E-state index contributed by atoms with van der Waals surface area (Å²) in [4.78, 5) is 0. The molecular weight excluding hydrogens is 305 g/mol. The summed E-state index contributed by atoms with van der Waals surface area (Å²) in [6, 6.07) is 4.98. The highest BCUT2D eigenvalue weighted by atomic mass is 79.9. The molecule has 0 saturated carbocycles. The van der Waals surface area contributed by atoms with E-state index in [0.29, 0.717) is 18.3 Å². The van der Waals surface area contributed by atoms with Gasteiger partial charge in [-0.25, -0.2) is 4.39 Å². The number of halogens is 2. The molecule has 0 radical (unpaired) electrons. The Kier molecular flexibility index (Phi) is 6.30. The molecule has 96 valence electrons. The maximum absolute atomic E-state index is 12.9. The van der Waals surface area contributed by atoms with Crippen LogP contribution in [0.4, 0.5) is 4.39 Å². The minimum atomic E-state index is -0.741. The Hall–Kier alpha value is -0.260. The zero-order valence-electron chi connectivity index (χ0n) is 10.0. The number of hydrogen-bond acceptors (Lipinski definition) is 2. The third-order valence-electron chi connectivity index (χ3n) is 2.49. The summed E-state index contributed by atoms with van der Waals surface area (Å²) in [5.74, 6) is 0.466. The Morgan fingerprint density at radius 2 is 2.24 bits per heavy atom. The molecular formula is C12H17BrFNOS. The summed E-state index contributed by atoms with van der Waals surface area (Å²) in [5, 5.41) is 3.33. The van der Waals surface area contributed by atoms with E-state index in [1.165, 1.54) is 12.1 Å². The molecule has 0 fully saturated rings. The lowest BCUT2D eigenvalue weighted by molar-refractivity contribution is 0.533. The smallest absolute Gasteiger partial charge is 0.124 e. The normalized spacial score (nSPS) is 14.6. The van der Waals surface area contributed by atoms with E-state index in [1.807, 2.05) is 0 Å². The maximum Gasteiger partial charge on any atom is 0.124 e. The number of rotatable bonds is 6. The first-order valence-corrected chi connectivity index (χ1v) is 7.98. The Morgan fingerprint density at radius 1 is 1.53 bits per heavy atom. The number of benzene rings is 1. The van der Waals surface area contributed by atoms with E-state index in [-0.39, 0.29) is 5.82 Å². The Bertz CT molecular complexity index is 400. The molecule has 0 aliphatic rings. The van der Waals surface area contributed by atoms with Gasteiger partial charge in [-0.15, -0.1) is 0 Å². The van der Waals surface area contributed by atoms with Gasteiger partial charge < -0.3 is 5.32 Å². The Labute approximate surface area is 113 Å². The van der Waals surface area contributed by atoms with Crippen molar-refractivity contribution in [2.75, 3.05) is 12.0 Å². The lowest BCUT2D eigenvalue weighted by Crippen LogP contribution is -2.27. The number of nitrogens with one attached hydrogen (secondary N) is 1. The molecule has 2 nitrogen and oxygen atoms in total. The van der Waals surface area contributed by atoms with Crippen LogP contribution < -0.4 is 5.32 Å². The minimum absolute atomic E-state index is 0.241. The molecule has 1 aromatic rings. The lowest BCUT2D eigenvalue weighted by atomic mass is 10.2. The van der Waals surface area contributed by atoms with Gasteiger partial charge >= 0.3 is 0 Å². The standard InChI is InChI=1S/C12H17BrFNOS/c1-9(5-6-17(2)16)15-8-10-3-4-11(14)7-12(10)13/h3-4,7,9,15H,5-6,8H2,1-2H3. The highest BCUT2D eigenvalue weighted by Crippen LogP contribution is 2.17. The van der Waals surface area contributed by atoms with Crippen LogP contribution in [-0.4, -0.2) is 22.3 Å². The third-order valence-corrected chi connectivity index (χ3v) is 4.04. The molecule has 2 atom stereocenters. The molecule has 17 heavy (non-hydrogen) atoms. The van der Waals surface area contributed by atoms with Gasteiger partial charge in [0, 0.05) is 39.9 Å². The van der Waals surface area contributed by atoms with Crippen molar-refractivity contribution in [3.05, 3.63) is 34.1 Å². The van der Waals surface area contributed by atoms with Gasteiger partial charge in [-0.1, -0.05) is 22.0 Å². The summed E-state index contributed by atoms with van der Waals surface area (Å²) >= 11 is 3.33.